The molecule has 0 atom stereocenters. The number of amides is 2. The standard InChI is InChI=1S/C25H20FN5O4/c1-27-24(32)21-12-18(9-10-28-21)35-23-8-5-16(11-19(23)26)31-25(33)22-13-20(29-14-30-22)15-3-6-17(34-2)7-4-15/h3-14H,1-2H3,(H,27,32)(H,31,33). The molecule has 4 aromatic rings. The van der Waals surface area contributed by atoms with E-state index in [-0.39, 0.29) is 28.6 Å². The second-order valence-electron chi connectivity index (χ2n) is 7.17. The average Bonchev–Trinajstić information content (AvgIpc) is 2.90. The van der Waals surface area contributed by atoms with Crippen LogP contribution < -0.4 is 20.1 Å². The van der Waals surface area contributed by atoms with Gasteiger partial charge in [0.15, 0.2) is 11.6 Å². The zero-order chi connectivity index (χ0) is 24.8. The maximum absolute atomic E-state index is 14.7. The number of rotatable bonds is 7. The smallest absolute Gasteiger partial charge is 0.274 e. The lowest BCUT2D eigenvalue weighted by atomic mass is 10.1. The summed E-state index contributed by atoms with van der Waals surface area (Å²) in [4.78, 5) is 36.6. The van der Waals surface area contributed by atoms with Gasteiger partial charge in [0.1, 0.15) is 29.2 Å². The topological polar surface area (TPSA) is 115 Å². The van der Waals surface area contributed by atoms with Gasteiger partial charge in [0.05, 0.1) is 12.8 Å². The van der Waals surface area contributed by atoms with Crippen molar-refractivity contribution < 1.29 is 23.5 Å². The van der Waals surface area contributed by atoms with Crippen LogP contribution in [0.4, 0.5) is 10.1 Å². The van der Waals surface area contributed by atoms with Crippen LogP contribution in [0.15, 0.2) is 73.2 Å². The van der Waals surface area contributed by atoms with E-state index in [1.54, 1.807) is 25.3 Å². The van der Waals surface area contributed by atoms with E-state index < -0.39 is 17.6 Å². The number of methoxy groups -OCH3 is 1. The molecule has 9 nitrogen and oxygen atoms in total. The Morgan fingerprint density at radius 3 is 2.34 bits per heavy atom. The second kappa shape index (κ2) is 10.4. The number of aromatic nitrogens is 3. The second-order valence-corrected chi connectivity index (χ2v) is 7.17. The van der Waals surface area contributed by atoms with Gasteiger partial charge >= 0.3 is 0 Å². The number of ether oxygens (including phenoxy) is 2. The molecule has 2 amide bonds. The summed E-state index contributed by atoms with van der Waals surface area (Å²) in [5, 5.41) is 5.07. The number of pyridine rings is 1. The normalized spacial score (nSPS) is 10.4. The molecule has 2 N–H and O–H groups in total. The Balaban J connectivity index is 1.47. The minimum atomic E-state index is -0.706. The van der Waals surface area contributed by atoms with Gasteiger partial charge in [0.25, 0.3) is 11.8 Å². The van der Waals surface area contributed by atoms with E-state index >= 15 is 0 Å². The summed E-state index contributed by atoms with van der Waals surface area (Å²) < 4.78 is 25.3. The van der Waals surface area contributed by atoms with E-state index in [0.29, 0.717) is 11.4 Å². The molecule has 4 rings (SSSR count). The predicted octanol–water partition coefficient (Wildman–Crippen LogP) is 4.09. The number of nitrogens with zero attached hydrogens (tertiary/aromatic N) is 3. The molecule has 0 aliphatic heterocycles. The van der Waals surface area contributed by atoms with Gasteiger partial charge in [-0.05, 0) is 48.5 Å². The van der Waals surface area contributed by atoms with Crippen molar-refractivity contribution in [1.82, 2.24) is 20.3 Å². The van der Waals surface area contributed by atoms with Crippen LogP contribution in [0.2, 0.25) is 0 Å². The molecule has 2 aromatic heterocycles. The molecule has 0 saturated heterocycles. The highest BCUT2D eigenvalue weighted by molar-refractivity contribution is 6.03. The first-order valence-electron chi connectivity index (χ1n) is 10.4. The lowest BCUT2D eigenvalue weighted by Crippen LogP contribution is -2.18. The fourth-order valence-corrected chi connectivity index (χ4v) is 3.11. The molecule has 2 heterocycles. The highest BCUT2D eigenvalue weighted by Gasteiger charge is 2.13. The molecule has 2 aromatic carbocycles. The third kappa shape index (κ3) is 5.56. The van der Waals surface area contributed by atoms with Crippen LogP contribution in [0.3, 0.4) is 0 Å². The van der Waals surface area contributed by atoms with Crippen molar-refractivity contribution in [2.45, 2.75) is 0 Å². The van der Waals surface area contributed by atoms with E-state index in [2.05, 4.69) is 25.6 Å². The van der Waals surface area contributed by atoms with Crippen LogP contribution in [0.25, 0.3) is 11.3 Å². The number of hydrogen-bond acceptors (Lipinski definition) is 7. The van der Waals surface area contributed by atoms with Gasteiger partial charge in [-0.25, -0.2) is 14.4 Å². The molecule has 0 saturated carbocycles. The zero-order valence-electron chi connectivity index (χ0n) is 18.8. The van der Waals surface area contributed by atoms with Crippen LogP contribution in [-0.4, -0.2) is 40.9 Å². The monoisotopic (exact) mass is 473 g/mol. The quantitative estimate of drug-likeness (QED) is 0.415. The van der Waals surface area contributed by atoms with Crippen LogP contribution in [0.1, 0.15) is 21.0 Å². The maximum atomic E-state index is 14.7. The summed E-state index contributed by atoms with van der Waals surface area (Å²) in [5.74, 6) is -0.774. The Bertz CT molecular complexity index is 1380. The van der Waals surface area contributed by atoms with E-state index in [4.69, 9.17) is 9.47 Å². The van der Waals surface area contributed by atoms with E-state index in [1.165, 1.54) is 43.8 Å². The lowest BCUT2D eigenvalue weighted by Gasteiger charge is -2.10. The lowest BCUT2D eigenvalue weighted by molar-refractivity contribution is 0.0957. The van der Waals surface area contributed by atoms with E-state index in [1.807, 2.05) is 12.1 Å². The Morgan fingerprint density at radius 2 is 1.63 bits per heavy atom. The molecule has 0 fully saturated rings. The van der Waals surface area contributed by atoms with Gasteiger partial charge in [0, 0.05) is 36.6 Å². The number of carbonyl (C=O) groups excluding carboxylic acids is 2. The summed E-state index contributed by atoms with van der Waals surface area (Å²) in [6.45, 7) is 0. The molecular weight excluding hydrogens is 453 g/mol. The van der Waals surface area contributed by atoms with Crippen LogP contribution in [0, 0.1) is 5.82 Å². The number of nitrogens with one attached hydrogen (secondary N) is 2. The maximum Gasteiger partial charge on any atom is 0.274 e. The first kappa shape index (κ1) is 23.3. The van der Waals surface area contributed by atoms with Gasteiger partial charge in [-0.2, -0.15) is 0 Å². The molecule has 0 aliphatic rings. The van der Waals surface area contributed by atoms with Crippen molar-refractivity contribution in [3.05, 3.63) is 90.4 Å². The molecule has 0 spiro atoms. The van der Waals surface area contributed by atoms with Crippen LogP contribution in [0.5, 0.6) is 17.2 Å². The molecule has 0 aliphatic carbocycles. The molecule has 0 unspecified atom stereocenters. The highest BCUT2D eigenvalue weighted by Crippen LogP contribution is 2.27. The minimum absolute atomic E-state index is 0.0825. The Kier molecular flexibility index (Phi) is 6.91. The predicted molar refractivity (Wildman–Crippen MR) is 126 cm³/mol. The van der Waals surface area contributed by atoms with Crippen LogP contribution in [-0.2, 0) is 0 Å². The minimum Gasteiger partial charge on any atom is -0.497 e. The fraction of sp³-hybridized carbons (Fsp3) is 0.0800. The Labute approximate surface area is 200 Å². The SMILES string of the molecule is CNC(=O)c1cc(Oc2ccc(NC(=O)c3cc(-c4ccc(OC)cc4)ncn3)cc2F)ccn1. The molecular formula is C25H20FN5O4. The number of hydrogen-bond donors (Lipinski definition) is 2. The van der Waals surface area contributed by atoms with Gasteiger partial charge in [-0.3, -0.25) is 14.6 Å². The summed E-state index contributed by atoms with van der Waals surface area (Å²) in [6.07, 6.45) is 2.67. The van der Waals surface area contributed by atoms with E-state index in [9.17, 15) is 14.0 Å². The average molecular weight is 473 g/mol. The van der Waals surface area contributed by atoms with Crippen molar-refractivity contribution in [2.75, 3.05) is 19.5 Å². The summed E-state index contributed by atoms with van der Waals surface area (Å²) in [5.41, 5.74) is 1.80. The van der Waals surface area contributed by atoms with Gasteiger partial charge < -0.3 is 20.1 Å². The molecule has 0 radical (unpaired) electrons. The molecule has 35 heavy (non-hydrogen) atoms. The molecule has 176 valence electrons. The Hall–Kier alpha value is -4.86. The van der Waals surface area contributed by atoms with Crippen molar-refractivity contribution in [3.63, 3.8) is 0 Å². The molecule has 0 bridgehead atoms. The number of halogens is 1. The number of benzene rings is 2. The first-order valence-corrected chi connectivity index (χ1v) is 10.4. The molecule has 10 heteroatoms. The van der Waals surface area contributed by atoms with Gasteiger partial charge in [0.2, 0.25) is 0 Å². The largest absolute Gasteiger partial charge is 0.497 e. The van der Waals surface area contributed by atoms with Gasteiger partial charge in [-0.15, -0.1) is 0 Å². The van der Waals surface area contributed by atoms with Gasteiger partial charge in [-0.1, -0.05) is 0 Å². The Morgan fingerprint density at radius 1 is 0.857 bits per heavy atom. The van der Waals surface area contributed by atoms with Crippen LogP contribution >= 0.6 is 0 Å². The first-order chi connectivity index (χ1) is 17.0. The van der Waals surface area contributed by atoms with Crippen molar-refractivity contribution in [2.24, 2.45) is 0 Å². The summed E-state index contributed by atoms with van der Waals surface area (Å²) >= 11 is 0. The summed E-state index contributed by atoms with van der Waals surface area (Å²) in [6, 6.07) is 15.6. The third-order valence-corrected chi connectivity index (χ3v) is 4.89. The zero-order valence-corrected chi connectivity index (χ0v) is 18.8. The van der Waals surface area contributed by atoms with Crippen molar-refractivity contribution in [3.8, 4) is 28.5 Å². The summed E-state index contributed by atoms with van der Waals surface area (Å²) in [7, 11) is 3.05. The van der Waals surface area contributed by atoms with Crippen molar-refractivity contribution >= 4 is 17.5 Å². The number of anilines is 1. The highest BCUT2D eigenvalue weighted by atomic mass is 19.1. The fourth-order valence-electron chi connectivity index (χ4n) is 3.11. The third-order valence-electron chi connectivity index (χ3n) is 4.89. The van der Waals surface area contributed by atoms with E-state index in [0.717, 1.165) is 11.6 Å². The van der Waals surface area contributed by atoms with Crippen molar-refractivity contribution in [1.29, 1.82) is 0 Å². The number of carbonyl (C=O) groups is 2.